The lowest BCUT2D eigenvalue weighted by molar-refractivity contribution is -0.116. The molecule has 3 N–H and O–H groups in total. The van der Waals surface area contributed by atoms with Crippen LogP contribution in [0.15, 0.2) is 24.8 Å². The summed E-state index contributed by atoms with van der Waals surface area (Å²) in [7, 11) is 1.91. The Morgan fingerprint density at radius 2 is 2.35 bits per heavy atom. The molecular formula is C12H14ClN3O. The van der Waals surface area contributed by atoms with Crippen molar-refractivity contribution in [2.45, 2.75) is 6.04 Å². The van der Waals surface area contributed by atoms with Crippen molar-refractivity contribution in [1.82, 2.24) is 0 Å². The third-order valence-electron chi connectivity index (χ3n) is 2.81. The Morgan fingerprint density at radius 1 is 1.65 bits per heavy atom. The summed E-state index contributed by atoms with van der Waals surface area (Å²) in [6, 6.07) is 2.96. The number of rotatable bonds is 3. The van der Waals surface area contributed by atoms with Gasteiger partial charge in [-0.15, -0.1) is 6.58 Å². The van der Waals surface area contributed by atoms with Gasteiger partial charge in [-0.1, -0.05) is 17.7 Å². The van der Waals surface area contributed by atoms with E-state index in [0.29, 0.717) is 11.6 Å². The maximum absolute atomic E-state index is 11.4. The van der Waals surface area contributed by atoms with Crippen molar-refractivity contribution in [3.05, 3.63) is 35.4 Å². The van der Waals surface area contributed by atoms with Crippen molar-refractivity contribution < 1.29 is 4.79 Å². The minimum atomic E-state index is -0.624. The van der Waals surface area contributed by atoms with Gasteiger partial charge in [0.15, 0.2) is 0 Å². The first-order valence-electron chi connectivity index (χ1n) is 5.26. The molecule has 90 valence electrons. The van der Waals surface area contributed by atoms with E-state index >= 15 is 0 Å². The van der Waals surface area contributed by atoms with Gasteiger partial charge in [-0.3, -0.25) is 4.79 Å². The molecule has 1 aliphatic heterocycles. The number of amides is 1. The summed E-state index contributed by atoms with van der Waals surface area (Å²) in [4.78, 5) is 13.4. The van der Waals surface area contributed by atoms with Crippen LogP contribution in [0.5, 0.6) is 0 Å². The van der Waals surface area contributed by atoms with Crippen LogP contribution in [-0.4, -0.2) is 19.5 Å². The van der Waals surface area contributed by atoms with Crippen LogP contribution in [0.4, 0.5) is 11.4 Å². The van der Waals surface area contributed by atoms with E-state index in [2.05, 4.69) is 11.9 Å². The Hall–Kier alpha value is -1.52. The SMILES string of the molecule is C=CCN(C)c1cc2c(cc1Cl)C(N)C(=O)N2. The van der Waals surface area contributed by atoms with E-state index in [9.17, 15) is 4.79 Å². The average Bonchev–Trinajstić information content (AvgIpc) is 2.55. The first-order chi connectivity index (χ1) is 8.04. The van der Waals surface area contributed by atoms with Crippen LogP contribution in [0.1, 0.15) is 11.6 Å². The predicted octanol–water partition coefficient (Wildman–Crippen LogP) is 1.91. The lowest BCUT2D eigenvalue weighted by Crippen LogP contribution is -2.19. The minimum Gasteiger partial charge on any atom is -0.370 e. The van der Waals surface area contributed by atoms with E-state index in [1.807, 2.05) is 18.0 Å². The number of anilines is 2. The molecule has 0 saturated heterocycles. The number of carbonyl (C=O) groups excluding carboxylic acids is 1. The number of nitrogens with zero attached hydrogens (tertiary/aromatic N) is 1. The molecule has 4 nitrogen and oxygen atoms in total. The molecule has 1 heterocycles. The highest BCUT2D eigenvalue weighted by Crippen LogP contribution is 2.37. The number of halogens is 1. The Bertz CT molecular complexity index is 487. The second-order valence-electron chi connectivity index (χ2n) is 4.03. The van der Waals surface area contributed by atoms with Crippen molar-refractivity contribution in [3.8, 4) is 0 Å². The van der Waals surface area contributed by atoms with Gasteiger partial charge in [-0.25, -0.2) is 0 Å². The van der Waals surface area contributed by atoms with E-state index < -0.39 is 6.04 Å². The number of carbonyl (C=O) groups is 1. The fourth-order valence-corrected chi connectivity index (χ4v) is 2.20. The van der Waals surface area contributed by atoms with Crippen LogP contribution < -0.4 is 16.0 Å². The van der Waals surface area contributed by atoms with Gasteiger partial charge in [-0.05, 0) is 12.1 Å². The van der Waals surface area contributed by atoms with Gasteiger partial charge in [-0.2, -0.15) is 0 Å². The summed E-state index contributed by atoms with van der Waals surface area (Å²) in [5.74, 6) is -0.195. The van der Waals surface area contributed by atoms with E-state index in [0.717, 1.165) is 16.9 Å². The monoisotopic (exact) mass is 251 g/mol. The fourth-order valence-electron chi connectivity index (χ4n) is 1.88. The summed E-state index contributed by atoms with van der Waals surface area (Å²) in [5, 5.41) is 3.32. The fraction of sp³-hybridized carbons (Fsp3) is 0.250. The number of fused-ring (bicyclic) bond motifs is 1. The zero-order valence-corrected chi connectivity index (χ0v) is 10.3. The third-order valence-corrected chi connectivity index (χ3v) is 3.11. The highest BCUT2D eigenvalue weighted by atomic mass is 35.5. The first kappa shape index (κ1) is 12.0. The van der Waals surface area contributed by atoms with Crippen LogP contribution in [0.25, 0.3) is 0 Å². The smallest absolute Gasteiger partial charge is 0.245 e. The van der Waals surface area contributed by atoms with Crippen LogP contribution in [0.2, 0.25) is 5.02 Å². The van der Waals surface area contributed by atoms with E-state index in [4.69, 9.17) is 17.3 Å². The normalized spacial score (nSPS) is 17.6. The van der Waals surface area contributed by atoms with Crippen LogP contribution in [0, 0.1) is 0 Å². The third kappa shape index (κ3) is 2.01. The van der Waals surface area contributed by atoms with Gasteiger partial charge in [0.1, 0.15) is 6.04 Å². The zero-order valence-electron chi connectivity index (χ0n) is 9.53. The lowest BCUT2D eigenvalue weighted by atomic mass is 10.1. The summed E-state index contributed by atoms with van der Waals surface area (Å²) in [5.41, 5.74) is 8.07. The molecule has 1 amide bonds. The summed E-state index contributed by atoms with van der Waals surface area (Å²) in [6.07, 6.45) is 1.79. The van der Waals surface area contributed by atoms with Gasteiger partial charge in [0.25, 0.3) is 0 Å². The maximum atomic E-state index is 11.4. The number of hydrogen-bond acceptors (Lipinski definition) is 3. The Labute approximate surface area is 105 Å². The van der Waals surface area contributed by atoms with E-state index in [1.165, 1.54) is 0 Å². The van der Waals surface area contributed by atoms with Crippen molar-refractivity contribution in [3.63, 3.8) is 0 Å². The molecular weight excluding hydrogens is 238 g/mol. The molecule has 1 aromatic rings. The number of likely N-dealkylation sites (N-methyl/N-ethyl adjacent to an activating group) is 1. The maximum Gasteiger partial charge on any atom is 0.245 e. The molecule has 1 aliphatic rings. The van der Waals surface area contributed by atoms with Crippen molar-refractivity contribution in [2.24, 2.45) is 5.73 Å². The Kier molecular flexibility index (Phi) is 3.09. The molecule has 0 fully saturated rings. The largest absolute Gasteiger partial charge is 0.370 e. The standard InChI is InChI=1S/C12H14ClN3O/c1-3-4-16(2)10-6-9-7(5-8(10)13)11(14)12(17)15-9/h3,5-6,11H,1,4,14H2,2H3,(H,15,17). The number of nitrogens with one attached hydrogen (secondary N) is 1. The summed E-state index contributed by atoms with van der Waals surface area (Å²) in [6.45, 7) is 4.36. The minimum absolute atomic E-state index is 0.195. The zero-order chi connectivity index (χ0) is 12.6. The molecule has 0 aliphatic carbocycles. The molecule has 0 aromatic heterocycles. The molecule has 1 aromatic carbocycles. The quantitative estimate of drug-likeness (QED) is 0.807. The van der Waals surface area contributed by atoms with Crippen LogP contribution in [0.3, 0.4) is 0 Å². The van der Waals surface area contributed by atoms with Crippen molar-refractivity contribution in [2.75, 3.05) is 23.8 Å². The van der Waals surface area contributed by atoms with Crippen molar-refractivity contribution >= 4 is 28.9 Å². The molecule has 0 bridgehead atoms. The molecule has 0 saturated carbocycles. The number of benzene rings is 1. The lowest BCUT2D eigenvalue weighted by Gasteiger charge is -2.19. The van der Waals surface area contributed by atoms with Gasteiger partial charge in [0.2, 0.25) is 5.91 Å². The summed E-state index contributed by atoms with van der Waals surface area (Å²) < 4.78 is 0. The second kappa shape index (κ2) is 4.39. The molecule has 2 rings (SSSR count). The van der Waals surface area contributed by atoms with Crippen LogP contribution in [-0.2, 0) is 4.79 Å². The molecule has 1 unspecified atom stereocenters. The van der Waals surface area contributed by atoms with E-state index in [-0.39, 0.29) is 5.91 Å². The number of hydrogen-bond donors (Lipinski definition) is 2. The Balaban J connectivity index is 2.43. The molecule has 17 heavy (non-hydrogen) atoms. The Morgan fingerprint density at radius 3 is 3.00 bits per heavy atom. The van der Waals surface area contributed by atoms with Gasteiger partial charge < -0.3 is 16.0 Å². The van der Waals surface area contributed by atoms with Gasteiger partial charge >= 0.3 is 0 Å². The molecule has 0 radical (unpaired) electrons. The average molecular weight is 252 g/mol. The number of nitrogens with two attached hydrogens (primary N) is 1. The predicted molar refractivity (Wildman–Crippen MR) is 70.5 cm³/mol. The molecule has 5 heteroatoms. The highest BCUT2D eigenvalue weighted by Gasteiger charge is 2.28. The second-order valence-corrected chi connectivity index (χ2v) is 4.43. The first-order valence-corrected chi connectivity index (χ1v) is 5.64. The van der Waals surface area contributed by atoms with Crippen molar-refractivity contribution in [1.29, 1.82) is 0 Å². The molecule has 0 spiro atoms. The van der Waals surface area contributed by atoms with Gasteiger partial charge in [0.05, 0.1) is 10.7 Å². The van der Waals surface area contributed by atoms with Crippen LogP contribution >= 0.6 is 11.6 Å². The molecule has 1 atom stereocenters. The summed E-state index contributed by atoms with van der Waals surface area (Å²) >= 11 is 6.18. The highest BCUT2D eigenvalue weighted by molar-refractivity contribution is 6.33. The van der Waals surface area contributed by atoms with Gasteiger partial charge in [0, 0.05) is 24.8 Å². The van der Waals surface area contributed by atoms with E-state index in [1.54, 1.807) is 12.1 Å². The topological polar surface area (TPSA) is 58.4 Å².